The van der Waals surface area contributed by atoms with Crippen LogP contribution in [0.25, 0.3) is 11.5 Å². The molecule has 2 heterocycles. The van der Waals surface area contributed by atoms with E-state index in [2.05, 4.69) is 10.2 Å². The fraction of sp³-hybridized carbons (Fsp3) is 0.438. The van der Waals surface area contributed by atoms with Gasteiger partial charge in [0.15, 0.2) is 0 Å². The van der Waals surface area contributed by atoms with E-state index in [1.54, 1.807) is 18.2 Å². The van der Waals surface area contributed by atoms with E-state index >= 15 is 0 Å². The van der Waals surface area contributed by atoms with Crippen LogP contribution in [0.1, 0.15) is 31.1 Å². The van der Waals surface area contributed by atoms with E-state index in [0.717, 1.165) is 25.8 Å². The molecule has 0 bridgehead atoms. The summed E-state index contributed by atoms with van der Waals surface area (Å²) in [4.78, 5) is 13.9. The van der Waals surface area contributed by atoms with Crippen LogP contribution in [0.3, 0.4) is 0 Å². The lowest BCUT2D eigenvalue weighted by Crippen LogP contribution is -2.29. The van der Waals surface area contributed by atoms with Crippen LogP contribution in [-0.4, -0.2) is 34.1 Å². The van der Waals surface area contributed by atoms with Crippen molar-refractivity contribution in [3.05, 3.63) is 36.0 Å². The van der Waals surface area contributed by atoms with Gasteiger partial charge in [-0.3, -0.25) is 4.79 Å². The molecular formula is C16H16FN3O2. The van der Waals surface area contributed by atoms with Crippen LogP contribution in [0.15, 0.2) is 28.7 Å². The van der Waals surface area contributed by atoms with Crippen LogP contribution in [0, 0.1) is 11.7 Å². The number of amides is 1. The Bertz CT molecular complexity index is 711. The summed E-state index contributed by atoms with van der Waals surface area (Å²) in [6.45, 7) is 1.35. The van der Waals surface area contributed by atoms with Crippen molar-refractivity contribution in [1.82, 2.24) is 15.1 Å². The molecule has 1 saturated heterocycles. The van der Waals surface area contributed by atoms with E-state index in [1.807, 2.05) is 4.90 Å². The Morgan fingerprint density at radius 1 is 1.23 bits per heavy atom. The number of hydrogen-bond acceptors (Lipinski definition) is 4. The van der Waals surface area contributed by atoms with Crippen molar-refractivity contribution in [3.63, 3.8) is 0 Å². The van der Waals surface area contributed by atoms with Crippen LogP contribution in [0.2, 0.25) is 0 Å². The van der Waals surface area contributed by atoms with E-state index in [-0.39, 0.29) is 29.5 Å². The first-order valence-corrected chi connectivity index (χ1v) is 7.59. The van der Waals surface area contributed by atoms with Crippen LogP contribution >= 0.6 is 0 Å². The highest BCUT2D eigenvalue weighted by molar-refractivity contribution is 5.81. The van der Waals surface area contributed by atoms with Gasteiger partial charge in [0, 0.05) is 19.0 Å². The molecule has 114 valence electrons. The Balaban J connectivity index is 1.50. The van der Waals surface area contributed by atoms with E-state index in [4.69, 9.17) is 4.42 Å². The topological polar surface area (TPSA) is 59.2 Å². The standard InChI is InChI=1S/C16H16FN3O2/c17-13-4-2-1-3-12(13)15-19-18-14(22-15)11-7-8-20(9-11)16(21)10-5-6-10/h1-4,10-11H,5-9H2. The fourth-order valence-corrected chi connectivity index (χ4v) is 2.89. The van der Waals surface area contributed by atoms with Gasteiger partial charge in [-0.1, -0.05) is 12.1 Å². The third-order valence-corrected chi connectivity index (χ3v) is 4.32. The maximum atomic E-state index is 13.7. The molecule has 2 fully saturated rings. The smallest absolute Gasteiger partial charge is 0.250 e. The number of carbonyl (C=O) groups is 1. The lowest BCUT2D eigenvalue weighted by atomic mass is 10.1. The number of likely N-dealkylation sites (tertiary alicyclic amines) is 1. The first-order valence-electron chi connectivity index (χ1n) is 7.59. The first kappa shape index (κ1) is 13.4. The number of halogens is 1. The Morgan fingerprint density at radius 2 is 2.05 bits per heavy atom. The third kappa shape index (κ3) is 2.38. The normalized spacial score (nSPS) is 21.3. The van der Waals surface area contributed by atoms with Gasteiger partial charge in [0.25, 0.3) is 5.89 Å². The molecule has 1 unspecified atom stereocenters. The van der Waals surface area contributed by atoms with Gasteiger partial charge in [-0.15, -0.1) is 10.2 Å². The summed E-state index contributed by atoms with van der Waals surface area (Å²) in [7, 11) is 0. The minimum Gasteiger partial charge on any atom is -0.420 e. The molecule has 1 atom stereocenters. The Morgan fingerprint density at radius 3 is 2.82 bits per heavy atom. The summed E-state index contributed by atoms with van der Waals surface area (Å²) in [6, 6.07) is 6.33. The van der Waals surface area contributed by atoms with Crippen molar-refractivity contribution in [2.45, 2.75) is 25.2 Å². The molecule has 4 rings (SSSR count). The highest BCUT2D eigenvalue weighted by Crippen LogP contribution is 2.35. The minimum atomic E-state index is -0.380. The highest BCUT2D eigenvalue weighted by Gasteiger charge is 2.38. The number of aromatic nitrogens is 2. The number of hydrogen-bond donors (Lipinski definition) is 0. The van der Waals surface area contributed by atoms with Gasteiger partial charge in [0.2, 0.25) is 11.8 Å². The predicted octanol–water partition coefficient (Wildman–Crippen LogP) is 2.60. The summed E-state index contributed by atoms with van der Waals surface area (Å²) < 4.78 is 19.4. The van der Waals surface area contributed by atoms with Crippen molar-refractivity contribution in [2.75, 3.05) is 13.1 Å². The third-order valence-electron chi connectivity index (χ3n) is 4.32. The zero-order valence-corrected chi connectivity index (χ0v) is 12.0. The number of nitrogens with zero attached hydrogens (tertiary/aromatic N) is 3. The Hall–Kier alpha value is -2.24. The van der Waals surface area contributed by atoms with Crippen molar-refractivity contribution in [2.24, 2.45) is 5.92 Å². The van der Waals surface area contributed by atoms with Gasteiger partial charge in [-0.25, -0.2) is 4.39 Å². The zero-order valence-electron chi connectivity index (χ0n) is 12.0. The minimum absolute atomic E-state index is 0.0516. The molecular weight excluding hydrogens is 285 g/mol. The lowest BCUT2D eigenvalue weighted by Gasteiger charge is -2.14. The number of benzene rings is 1. The molecule has 22 heavy (non-hydrogen) atoms. The largest absolute Gasteiger partial charge is 0.420 e. The van der Waals surface area contributed by atoms with Crippen molar-refractivity contribution in [1.29, 1.82) is 0 Å². The molecule has 0 spiro atoms. The fourth-order valence-electron chi connectivity index (χ4n) is 2.89. The molecule has 2 aromatic rings. The molecule has 0 radical (unpaired) electrons. The molecule has 1 aliphatic heterocycles. The van der Waals surface area contributed by atoms with Crippen molar-refractivity contribution in [3.8, 4) is 11.5 Å². The highest BCUT2D eigenvalue weighted by atomic mass is 19.1. The molecule has 0 N–H and O–H groups in total. The quantitative estimate of drug-likeness (QED) is 0.874. The molecule has 1 saturated carbocycles. The van der Waals surface area contributed by atoms with Crippen molar-refractivity contribution < 1.29 is 13.6 Å². The van der Waals surface area contributed by atoms with Crippen LogP contribution < -0.4 is 0 Å². The van der Waals surface area contributed by atoms with Crippen LogP contribution in [-0.2, 0) is 4.79 Å². The van der Waals surface area contributed by atoms with Gasteiger partial charge < -0.3 is 9.32 Å². The average Bonchev–Trinajstić information content (AvgIpc) is 3.07. The molecule has 1 aromatic heterocycles. The second-order valence-electron chi connectivity index (χ2n) is 5.97. The van der Waals surface area contributed by atoms with Crippen LogP contribution in [0.5, 0.6) is 0 Å². The molecule has 6 heteroatoms. The van der Waals surface area contributed by atoms with Crippen molar-refractivity contribution >= 4 is 5.91 Å². The Kier molecular flexibility index (Phi) is 3.17. The first-order chi connectivity index (χ1) is 10.7. The number of rotatable bonds is 3. The van der Waals surface area contributed by atoms with Gasteiger partial charge in [0.05, 0.1) is 11.5 Å². The van der Waals surface area contributed by atoms with E-state index < -0.39 is 0 Å². The summed E-state index contributed by atoms with van der Waals surface area (Å²) in [6.07, 6.45) is 2.84. The number of carbonyl (C=O) groups excluding carboxylic acids is 1. The summed E-state index contributed by atoms with van der Waals surface area (Å²) in [5, 5.41) is 8.00. The second-order valence-corrected chi connectivity index (χ2v) is 5.97. The second kappa shape index (κ2) is 5.19. The Labute approximate surface area is 127 Å². The van der Waals surface area contributed by atoms with Gasteiger partial charge in [0.1, 0.15) is 5.82 Å². The predicted molar refractivity (Wildman–Crippen MR) is 76.4 cm³/mol. The molecule has 1 amide bonds. The molecule has 1 aromatic carbocycles. The van der Waals surface area contributed by atoms with E-state index in [9.17, 15) is 9.18 Å². The van der Waals surface area contributed by atoms with Gasteiger partial charge in [-0.2, -0.15) is 0 Å². The van der Waals surface area contributed by atoms with E-state index in [1.165, 1.54) is 6.07 Å². The summed E-state index contributed by atoms with van der Waals surface area (Å²) in [5.41, 5.74) is 0.310. The lowest BCUT2D eigenvalue weighted by molar-refractivity contribution is -0.131. The monoisotopic (exact) mass is 301 g/mol. The van der Waals surface area contributed by atoms with Gasteiger partial charge >= 0.3 is 0 Å². The molecule has 5 nitrogen and oxygen atoms in total. The van der Waals surface area contributed by atoms with E-state index in [0.29, 0.717) is 18.0 Å². The summed E-state index contributed by atoms with van der Waals surface area (Å²) in [5.74, 6) is 0.835. The van der Waals surface area contributed by atoms with Gasteiger partial charge in [-0.05, 0) is 31.4 Å². The summed E-state index contributed by atoms with van der Waals surface area (Å²) >= 11 is 0. The maximum Gasteiger partial charge on any atom is 0.250 e. The SMILES string of the molecule is O=C(C1CC1)N1CCC(c2nnc(-c3ccccc3F)o2)C1. The zero-order chi connectivity index (χ0) is 15.1. The molecule has 1 aliphatic carbocycles. The average molecular weight is 301 g/mol. The molecule has 2 aliphatic rings. The maximum absolute atomic E-state index is 13.7. The van der Waals surface area contributed by atoms with Crippen LogP contribution in [0.4, 0.5) is 4.39 Å².